The van der Waals surface area contributed by atoms with Gasteiger partial charge in [0.05, 0.1) is 47.0 Å². The number of imidazole rings is 1. The van der Waals surface area contributed by atoms with Gasteiger partial charge in [-0.3, -0.25) is 37.6 Å². The lowest BCUT2D eigenvalue weighted by molar-refractivity contribution is -0.309. The molecule has 2 fully saturated rings. The highest BCUT2D eigenvalue weighted by atomic mass is 31.2. The summed E-state index contributed by atoms with van der Waals surface area (Å²) in [5.41, 5.74) is 7.46. The summed E-state index contributed by atoms with van der Waals surface area (Å²) < 4.78 is 98.8. The SMILES string of the molecule is COc1ccc(C(OC(C(=O)c2ccccc2)[C@H]2O[C@@H](n3cnc4c(N)ncnc43)C[C@@H]2OP(=O)(OCCOCCO[C@@H]2O[C@H](COC(C)=O)[C@H](OC(C)=O)[C@H](OC(C)=O)[C@H]2OC(C)=O)N(C(C)C)C(C)C)(c2ccccc2)c2ccc(OC)cc2)cc1. The van der Waals surface area contributed by atoms with E-state index >= 15 is 9.36 Å². The number of nitrogen functional groups attached to an aromatic ring is 1. The molecule has 0 spiro atoms. The first-order chi connectivity index (χ1) is 42.2. The normalized spacial score (nSPS) is 21.4. The predicted octanol–water partition coefficient (Wildman–Crippen LogP) is 7.72. The van der Waals surface area contributed by atoms with Crippen LogP contribution in [0.5, 0.6) is 11.5 Å². The largest absolute Gasteiger partial charge is 0.497 e. The quantitative estimate of drug-likeness (QED) is 0.0117. The van der Waals surface area contributed by atoms with Crippen LogP contribution in [0, 0.1) is 0 Å². The fourth-order valence-electron chi connectivity index (χ4n) is 10.9. The van der Waals surface area contributed by atoms with Gasteiger partial charge in [-0.15, -0.1) is 0 Å². The Morgan fingerprint density at radius 2 is 1.24 bits per heavy atom. The third-order valence-corrected chi connectivity index (χ3v) is 17.0. The third kappa shape index (κ3) is 15.6. The van der Waals surface area contributed by atoms with E-state index in [0.29, 0.717) is 39.4 Å². The number of aromatic nitrogens is 4. The van der Waals surface area contributed by atoms with Crippen molar-refractivity contribution < 1.29 is 89.7 Å². The molecule has 0 amide bonds. The van der Waals surface area contributed by atoms with E-state index in [9.17, 15) is 19.2 Å². The number of carbonyl (C=O) groups excluding carboxylic acids is 5. The Hall–Kier alpha value is -7.71. The minimum absolute atomic E-state index is 0.0597. The van der Waals surface area contributed by atoms with Crippen molar-refractivity contribution in [2.75, 3.05) is 53.0 Å². The Labute approximate surface area is 509 Å². The maximum Gasteiger partial charge on any atom is 0.409 e. The highest BCUT2D eigenvalue weighted by Crippen LogP contribution is 2.58. The predicted molar refractivity (Wildman–Crippen MR) is 315 cm³/mol. The number of esters is 4. The summed E-state index contributed by atoms with van der Waals surface area (Å²) in [5.74, 6) is -2.30. The minimum atomic E-state index is -4.53. The number of fused-ring (bicyclic) bond motifs is 1. The van der Waals surface area contributed by atoms with E-state index in [1.54, 1.807) is 78.1 Å². The van der Waals surface area contributed by atoms with Gasteiger partial charge in [-0.05, 0) is 68.7 Å². The second kappa shape index (κ2) is 30.0. The summed E-state index contributed by atoms with van der Waals surface area (Å²) >= 11 is 0. The third-order valence-electron chi connectivity index (χ3n) is 14.5. The number of hydrogen-bond acceptors (Lipinski definition) is 23. The van der Waals surface area contributed by atoms with Crippen molar-refractivity contribution in [3.63, 3.8) is 0 Å². The average Bonchev–Trinajstić information content (AvgIpc) is 1.74. The molecular formula is C62H75N6O19P. The molecule has 2 aliphatic heterocycles. The first-order valence-electron chi connectivity index (χ1n) is 28.6. The van der Waals surface area contributed by atoms with Crippen molar-refractivity contribution in [3.8, 4) is 11.5 Å². The Morgan fingerprint density at radius 3 is 1.81 bits per heavy atom. The summed E-state index contributed by atoms with van der Waals surface area (Å²) in [6.45, 7) is 10.5. The molecule has 0 aliphatic carbocycles. The lowest BCUT2D eigenvalue weighted by Gasteiger charge is -2.44. The van der Waals surface area contributed by atoms with Crippen LogP contribution < -0.4 is 15.2 Å². The van der Waals surface area contributed by atoms with Crippen molar-refractivity contribution >= 4 is 54.4 Å². The lowest BCUT2D eigenvalue weighted by Crippen LogP contribution is -2.63. The Kier molecular flexibility index (Phi) is 22.6. The average molecular weight is 1240 g/mol. The Morgan fingerprint density at radius 1 is 0.682 bits per heavy atom. The molecule has 2 unspecified atom stereocenters. The number of methoxy groups -OCH3 is 2. The summed E-state index contributed by atoms with van der Waals surface area (Å²) in [7, 11) is -1.40. The molecule has 4 heterocycles. The number of nitrogens with two attached hydrogens (primary N) is 1. The molecule has 6 aromatic rings. The van der Waals surface area contributed by atoms with Crippen LogP contribution in [-0.2, 0) is 81.0 Å². The summed E-state index contributed by atoms with van der Waals surface area (Å²) in [6.07, 6.45) is -9.45. The topological polar surface area (TPSA) is 295 Å². The first-order valence-corrected chi connectivity index (χ1v) is 30.1. The zero-order valence-electron chi connectivity index (χ0n) is 50.7. The molecule has 2 N–H and O–H groups in total. The van der Waals surface area contributed by atoms with E-state index in [-0.39, 0.29) is 44.2 Å². The molecule has 0 saturated carbocycles. The van der Waals surface area contributed by atoms with Crippen molar-refractivity contribution in [2.24, 2.45) is 0 Å². The number of anilines is 1. The fraction of sp³-hybridized carbons (Fsp3) is 0.452. The number of Topliss-reactive ketones (excluding diaryl/α,β-unsaturated/α-hetero) is 1. The van der Waals surface area contributed by atoms with Gasteiger partial charge in [-0.2, -0.15) is 0 Å². The van der Waals surface area contributed by atoms with Gasteiger partial charge in [-0.25, -0.2) is 24.2 Å². The van der Waals surface area contributed by atoms with Crippen LogP contribution in [0.4, 0.5) is 5.82 Å². The molecule has 472 valence electrons. The van der Waals surface area contributed by atoms with Crippen LogP contribution in [0.1, 0.15) is 95.1 Å². The zero-order chi connectivity index (χ0) is 63.3. The molecule has 2 aromatic heterocycles. The summed E-state index contributed by atoms with van der Waals surface area (Å²) in [4.78, 5) is 78.0. The van der Waals surface area contributed by atoms with Crippen LogP contribution >= 0.6 is 7.75 Å². The number of ketones is 1. The maximum atomic E-state index is 16.2. The van der Waals surface area contributed by atoms with Crippen LogP contribution in [0.25, 0.3) is 11.2 Å². The van der Waals surface area contributed by atoms with E-state index in [2.05, 4.69) is 15.0 Å². The van der Waals surface area contributed by atoms with Gasteiger partial charge >= 0.3 is 31.6 Å². The molecule has 10 atom stereocenters. The monoisotopic (exact) mass is 1240 g/mol. The van der Waals surface area contributed by atoms with E-state index in [1.165, 1.54) is 12.7 Å². The summed E-state index contributed by atoms with van der Waals surface area (Å²) in [5, 5.41) is 0. The standard InChI is InChI=1S/C62H75N6O19P/c1-37(2)68(38(3)4)88(74,80-32-30-77-29-31-78-61-58(83-42(8)72)57(82-41(7)71)55(81-40(6)70)50(84-61)34-79-39(5)69)87-49-33-51(67-36-66-52-59(63)64-35-65-60(52)67)85-54(49)56(53(73)43-17-13-11-14-18-43)86-62(44-19-15-12-16-20-44,45-21-25-47(75-9)26-22-45)46-23-27-48(76-10)28-24-46/h11-28,35-38,49-51,54-58,61H,29-34H2,1-10H3,(H2,63,64,65)/t49-,50+,51+,54-,55-,56?,57-,58+,61+,88?/m0/s1. The Balaban J connectivity index is 1.14. The minimum Gasteiger partial charge on any atom is -0.497 e. The van der Waals surface area contributed by atoms with E-state index in [1.807, 2.05) is 82.3 Å². The summed E-state index contributed by atoms with van der Waals surface area (Å²) in [6, 6.07) is 31.8. The van der Waals surface area contributed by atoms with Crippen molar-refractivity contribution in [1.29, 1.82) is 0 Å². The second-order valence-corrected chi connectivity index (χ2v) is 23.1. The van der Waals surface area contributed by atoms with E-state index in [0.717, 1.165) is 27.7 Å². The van der Waals surface area contributed by atoms with Gasteiger partial charge in [0.25, 0.3) is 0 Å². The Bertz CT molecular complexity index is 3300. The molecule has 4 aromatic carbocycles. The molecule has 2 aliphatic rings. The smallest absolute Gasteiger partial charge is 0.409 e. The highest BCUT2D eigenvalue weighted by molar-refractivity contribution is 7.51. The highest BCUT2D eigenvalue weighted by Gasteiger charge is 2.55. The van der Waals surface area contributed by atoms with Crippen molar-refractivity contribution in [2.45, 2.75) is 135 Å². The number of benzene rings is 4. The molecule has 2 saturated heterocycles. The number of carbonyl (C=O) groups is 5. The molecule has 8 rings (SSSR count). The van der Waals surface area contributed by atoms with Gasteiger partial charge in [0, 0.05) is 51.8 Å². The fourth-order valence-corrected chi connectivity index (χ4v) is 13.2. The number of ether oxygens (including phenoxy) is 11. The molecule has 26 heteroatoms. The van der Waals surface area contributed by atoms with Crippen LogP contribution in [0.2, 0.25) is 0 Å². The molecule has 0 radical (unpaired) electrons. The van der Waals surface area contributed by atoms with Gasteiger partial charge in [0.15, 0.2) is 48.0 Å². The van der Waals surface area contributed by atoms with Crippen molar-refractivity contribution in [3.05, 3.63) is 144 Å². The van der Waals surface area contributed by atoms with Gasteiger partial charge in [0.2, 0.25) is 0 Å². The van der Waals surface area contributed by atoms with Crippen molar-refractivity contribution in [1.82, 2.24) is 24.2 Å². The molecular weight excluding hydrogens is 1160 g/mol. The van der Waals surface area contributed by atoms with Gasteiger partial charge < -0.3 is 57.8 Å². The number of rotatable bonds is 29. The van der Waals surface area contributed by atoms with Crippen LogP contribution in [0.15, 0.2) is 122 Å². The molecule has 25 nitrogen and oxygen atoms in total. The number of hydrogen-bond donors (Lipinski definition) is 1. The van der Waals surface area contributed by atoms with Gasteiger partial charge in [0.1, 0.15) is 60.1 Å². The van der Waals surface area contributed by atoms with E-state index < -0.39 is 117 Å². The molecule has 0 bridgehead atoms. The maximum absolute atomic E-state index is 16.2. The van der Waals surface area contributed by atoms with Crippen LogP contribution in [0.3, 0.4) is 0 Å². The zero-order valence-corrected chi connectivity index (χ0v) is 51.6. The van der Waals surface area contributed by atoms with Gasteiger partial charge in [-0.1, -0.05) is 84.9 Å². The number of nitrogens with zero attached hydrogens (tertiary/aromatic N) is 5. The lowest BCUT2D eigenvalue weighted by atomic mass is 9.79. The second-order valence-electron chi connectivity index (χ2n) is 21.2. The molecule has 88 heavy (non-hydrogen) atoms. The van der Waals surface area contributed by atoms with Crippen LogP contribution in [-0.4, -0.2) is 162 Å². The van der Waals surface area contributed by atoms with E-state index in [4.69, 9.17) is 66.9 Å². The first kappa shape index (κ1) is 66.2.